The lowest BCUT2D eigenvalue weighted by Gasteiger charge is -2.19. The molecule has 2 N–H and O–H groups in total. The number of esters is 1. The highest BCUT2D eigenvalue weighted by atomic mass is 32.2. The highest BCUT2D eigenvalue weighted by molar-refractivity contribution is 7.91. The van der Waals surface area contributed by atoms with Gasteiger partial charge in [0.2, 0.25) is 9.84 Å². The Morgan fingerprint density at radius 1 is 1.07 bits per heavy atom. The molecule has 1 aromatic heterocycles. The van der Waals surface area contributed by atoms with E-state index in [2.05, 4.69) is 10.3 Å². The molecule has 0 fully saturated rings. The van der Waals surface area contributed by atoms with Crippen LogP contribution in [0.4, 0.5) is 0 Å². The number of carbonyl (C=O) groups is 1. The maximum atomic E-state index is 12.9. The van der Waals surface area contributed by atoms with Crippen molar-refractivity contribution in [2.24, 2.45) is 0 Å². The van der Waals surface area contributed by atoms with Crippen molar-refractivity contribution in [2.45, 2.75) is 36.3 Å². The molecule has 2 aromatic carbocycles. The third-order valence-corrected chi connectivity index (χ3v) is 5.86. The van der Waals surface area contributed by atoms with Crippen LogP contribution in [0.25, 0.3) is 10.9 Å². The molecule has 160 valence electrons. The molecule has 1 heterocycles. The van der Waals surface area contributed by atoms with E-state index >= 15 is 0 Å². The molecule has 3 aromatic rings. The van der Waals surface area contributed by atoms with Crippen LogP contribution in [-0.2, 0) is 19.4 Å². The van der Waals surface area contributed by atoms with E-state index in [-0.39, 0.29) is 22.4 Å². The van der Waals surface area contributed by atoms with Crippen LogP contribution in [0.5, 0.6) is 5.75 Å². The molecule has 0 amide bonds. The third-order valence-electron chi connectivity index (χ3n) is 4.17. The lowest BCUT2D eigenvalue weighted by molar-refractivity contribution is -0.153. The van der Waals surface area contributed by atoms with Gasteiger partial charge in [-0.15, -0.1) is 0 Å². The molecule has 0 aliphatic rings. The quantitative estimate of drug-likeness (QED) is 0.420. The topological polar surface area (TPSA) is 97.5 Å². The van der Waals surface area contributed by atoms with Gasteiger partial charge in [0.25, 0.3) is 0 Å². The predicted octanol–water partition coefficient (Wildman–Crippen LogP) is 3.31. The number of aromatic amines is 1. The molecule has 0 bridgehead atoms. The highest BCUT2D eigenvalue weighted by Crippen LogP contribution is 2.30. The fourth-order valence-electron chi connectivity index (χ4n) is 2.90. The van der Waals surface area contributed by atoms with Crippen LogP contribution in [0.2, 0.25) is 0 Å². The van der Waals surface area contributed by atoms with E-state index in [9.17, 15) is 13.2 Å². The van der Waals surface area contributed by atoms with Crippen molar-refractivity contribution in [3.63, 3.8) is 0 Å². The second-order valence-electron chi connectivity index (χ2n) is 7.78. The number of H-pyrrole nitrogens is 1. The van der Waals surface area contributed by atoms with E-state index < -0.39 is 15.4 Å². The summed E-state index contributed by atoms with van der Waals surface area (Å²) >= 11 is 0. The number of rotatable bonds is 8. The zero-order valence-corrected chi connectivity index (χ0v) is 18.1. The van der Waals surface area contributed by atoms with Crippen molar-refractivity contribution in [1.82, 2.24) is 10.3 Å². The molecule has 30 heavy (non-hydrogen) atoms. The van der Waals surface area contributed by atoms with Gasteiger partial charge >= 0.3 is 5.97 Å². The van der Waals surface area contributed by atoms with Crippen molar-refractivity contribution in [3.8, 4) is 5.75 Å². The zero-order valence-electron chi connectivity index (χ0n) is 17.3. The summed E-state index contributed by atoms with van der Waals surface area (Å²) in [5, 5.41) is 3.77. The molecule has 0 saturated carbocycles. The molecule has 7 nitrogen and oxygen atoms in total. The Labute approximate surface area is 176 Å². The lowest BCUT2D eigenvalue weighted by atomic mass is 10.2. The summed E-state index contributed by atoms with van der Waals surface area (Å²) in [6.45, 7) is 6.30. The fraction of sp³-hybridized carbons (Fsp3) is 0.318. The maximum Gasteiger partial charge on any atom is 0.320 e. The van der Waals surface area contributed by atoms with Gasteiger partial charge in [-0.3, -0.25) is 4.79 Å². The lowest BCUT2D eigenvalue weighted by Crippen LogP contribution is -2.33. The molecular weight excluding hydrogens is 404 g/mol. The van der Waals surface area contributed by atoms with Crippen molar-refractivity contribution >= 4 is 26.7 Å². The minimum absolute atomic E-state index is 0.0917. The second kappa shape index (κ2) is 8.89. The van der Waals surface area contributed by atoms with Gasteiger partial charge in [0.05, 0.1) is 17.0 Å². The first-order valence-corrected chi connectivity index (χ1v) is 11.1. The first kappa shape index (κ1) is 21.9. The van der Waals surface area contributed by atoms with Gasteiger partial charge in [0, 0.05) is 11.9 Å². The Kier molecular flexibility index (Phi) is 6.48. The van der Waals surface area contributed by atoms with E-state index in [0.29, 0.717) is 29.8 Å². The molecule has 0 saturated heterocycles. The van der Waals surface area contributed by atoms with E-state index in [1.807, 2.05) is 20.8 Å². The molecule has 8 heteroatoms. The van der Waals surface area contributed by atoms with Crippen molar-refractivity contribution < 1.29 is 22.7 Å². The highest BCUT2D eigenvalue weighted by Gasteiger charge is 2.21. The van der Waals surface area contributed by atoms with Crippen LogP contribution < -0.4 is 10.1 Å². The first-order valence-electron chi connectivity index (χ1n) is 9.64. The number of sulfone groups is 1. The largest absolute Gasteiger partial charge is 0.492 e. The van der Waals surface area contributed by atoms with E-state index in [4.69, 9.17) is 9.47 Å². The third kappa shape index (κ3) is 5.40. The normalized spacial score (nSPS) is 12.1. The number of benzene rings is 2. The second-order valence-corrected chi connectivity index (χ2v) is 9.70. The summed E-state index contributed by atoms with van der Waals surface area (Å²) in [6.07, 6.45) is 0. The number of carbonyl (C=O) groups excluding carboxylic acids is 1. The molecule has 0 atom stereocenters. The van der Waals surface area contributed by atoms with Gasteiger partial charge < -0.3 is 19.8 Å². The molecule has 3 rings (SSSR count). The van der Waals surface area contributed by atoms with Gasteiger partial charge in [-0.25, -0.2) is 8.42 Å². The molecule has 0 unspecified atom stereocenters. The number of nitrogens with one attached hydrogen (secondary N) is 2. The number of aromatic nitrogens is 1. The van der Waals surface area contributed by atoms with E-state index in [1.54, 1.807) is 54.6 Å². The minimum atomic E-state index is -3.65. The smallest absolute Gasteiger partial charge is 0.320 e. The Morgan fingerprint density at radius 2 is 1.80 bits per heavy atom. The summed E-state index contributed by atoms with van der Waals surface area (Å²) in [5.41, 5.74) is 0.153. The number of hydrogen-bond donors (Lipinski definition) is 2. The van der Waals surface area contributed by atoms with Gasteiger partial charge in [-0.05, 0) is 51.1 Å². The number of ether oxygens (including phenoxy) is 2. The first-order chi connectivity index (χ1) is 14.2. The van der Waals surface area contributed by atoms with Crippen LogP contribution in [-0.4, -0.2) is 44.7 Å². The molecule has 0 aliphatic heterocycles. The Hall–Kier alpha value is -2.84. The van der Waals surface area contributed by atoms with Gasteiger partial charge in [0.1, 0.15) is 23.0 Å². The zero-order chi connectivity index (χ0) is 21.8. The summed E-state index contributed by atoms with van der Waals surface area (Å²) < 4.78 is 36.7. The molecule has 0 aliphatic carbocycles. The van der Waals surface area contributed by atoms with Gasteiger partial charge in [0.15, 0.2) is 0 Å². The molecule has 0 radical (unpaired) electrons. The predicted molar refractivity (Wildman–Crippen MR) is 114 cm³/mol. The number of hydrogen-bond acceptors (Lipinski definition) is 6. The molecule has 0 spiro atoms. The SMILES string of the molecule is CC(C)(C)OC(=O)CNCCOc1cccc2[nH]c(S(=O)(=O)c3ccccc3)cc12. The average molecular weight is 431 g/mol. The fourth-order valence-corrected chi connectivity index (χ4v) is 4.19. The van der Waals surface area contributed by atoms with Crippen LogP contribution in [0.15, 0.2) is 64.5 Å². The Balaban J connectivity index is 1.65. The van der Waals surface area contributed by atoms with Crippen molar-refractivity contribution in [2.75, 3.05) is 19.7 Å². The minimum Gasteiger partial charge on any atom is -0.492 e. The Bertz CT molecular complexity index is 1120. The van der Waals surface area contributed by atoms with Crippen molar-refractivity contribution in [3.05, 3.63) is 54.6 Å². The average Bonchev–Trinajstić information content (AvgIpc) is 3.13. The summed E-state index contributed by atoms with van der Waals surface area (Å²) in [4.78, 5) is 14.9. The van der Waals surface area contributed by atoms with E-state index in [0.717, 1.165) is 0 Å². The maximum absolute atomic E-state index is 12.9. The summed E-state index contributed by atoms with van der Waals surface area (Å²) in [7, 11) is -3.65. The number of fused-ring (bicyclic) bond motifs is 1. The monoisotopic (exact) mass is 430 g/mol. The van der Waals surface area contributed by atoms with Crippen molar-refractivity contribution in [1.29, 1.82) is 0 Å². The van der Waals surface area contributed by atoms with Crippen LogP contribution in [0.1, 0.15) is 20.8 Å². The van der Waals surface area contributed by atoms with Crippen LogP contribution in [0.3, 0.4) is 0 Å². The van der Waals surface area contributed by atoms with Gasteiger partial charge in [-0.1, -0.05) is 24.3 Å². The Morgan fingerprint density at radius 3 is 2.50 bits per heavy atom. The summed E-state index contributed by atoms with van der Waals surface area (Å²) in [5.74, 6) is 0.239. The van der Waals surface area contributed by atoms with Crippen LogP contribution >= 0.6 is 0 Å². The van der Waals surface area contributed by atoms with E-state index in [1.165, 1.54) is 0 Å². The summed E-state index contributed by atoms with van der Waals surface area (Å²) in [6, 6.07) is 15.2. The van der Waals surface area contributed by atoms with Gasteiger partial charge in [-0.2, -0.15) is 0 Å². The molecular formula is C22H26N2O5S. The standard InChI is InChI=1S/C22H26N2O5S/c1-22(2,3)29-21(25)15-23-12-13-28-19-11-7-10-18-17(19)14-20(24-18)30(26,27)16-8-5-4-6-9-16/h4-11,14,23-24H,12-13,15H2,1-3H3. The van der Waals surface area contributed by atoms with Crippen LogP contribution in [0, 0.1) is 0 Å².